The molecule has 5 rings (SSSR count). The summed E-state index contributed by atoms with van der Waals surface area (Å²) < 4.78 is 21.6. The van der Waals surface area contributed by atoms with Gasteiger partial charge in [0.05, 0.1) is 11.1 Å². The first-order valence-corrected chi connectivity index (χ1v) is 11.8. The standard InChI is InChI=1S/C25H22BrFN4O3/c26-22-19(16-7-9-18(27)10-8-16)12-31-23(22)24(28-14-29-31)30-20(25(32)33)11-17-3-1-2-4-21(17)34-13-15-5-6-15/h1-4,7-10,12,14-15,20H,5-6,11,13H2,(H,32,33)(H,28,29,30)/t20-/m0/s1. The molecule has 0 amide bonds. The lowest BCUT2D eigenvalue weighted by atomic mass is 10.0. The van der Waals surface area contributed by atoms with Crippen molar-refractivity contribution in [3.63, 3.8) is 0 Å². The van der Waals surface area contributed by atoms with Gasteiger partial charge in [-0.15, -0.1) is 0 Å². The van der Waals surface area contributed by atoms with Crippen LogP contribution >= 0.6 is 15.9 Å². The van der Waals surface area contributed by atoms with E-state index in [4.69, 9.17) is 4.74 Å². The molecule has 2 N–H and O–H groups in total. The normalized spacial score (nSPS) is 14.2. The van der Waals surface area contributed by atoms with Gasteiger partial charge in [-0.2, -0.15) is 5.10 Å². The minimum Gasteiger partial charge on any atom is -0.493 e. The van der Waals surface area contributed by atoms with Gasteiger partial charge in [-0.3, -0.25) is 0 Å². The summed E-state index contributed by atoms with van der Waals surface area (Å²) in [5.41, 5.74) is 2.98. The van der Waals surface area contributed by atoms with E-state index in [1.807, 2.05) is 24.3 Å². The van der Waals surface area contributed by atoms with E-state index >= 15 is 0 Å². The van der Waals surface area contributed by atoms with Crippen LogP contribution < -0.4 is 10.1 Å². The fraction of sp³-hybridized carbons (Fsp3) is 0.240. The Hall–Kier alpha value is -3.46. The Bertz CT molecular complexity index is 1340. The molecule has 2 heterocycles. The number of fused-ring (bicyclic) bond motifs is 1. The number of aromatic nitrogens is 3. The molecular weight excluding hydrogens is 503 g/mol. The number of aliphatic carboxylic acids is 1. The van der Waals surface area contributed by atoms with Gasteiger partial charge in [0.15, 0.2) is 5.82 Å². The Balaban J connectivity index is 1.44. The molecule has 0 bridgehead atoms. The Morgan fingerprint density at radius 3 is 2.74 bits per heavy atom. The number of hydrogen-bond donors (Lipinski definition) is 2. The van der Waals surface area contributed by atoms with Gasteiger partial charge in [0, 0.05) is 18.2 Å². The number of hydrogen-bond acceptors (Lipinski definition) is 5. The third-order valence-electron chi connectivity index (χ3n) is 5.84. The van der Waals surface area contributed by atoms with E-state index < -0.39 is 12.0 Å². The van der Waals surface area contributed by atoms with E-state index in [1.165, 1.54) is 31.3 Å². The Labute approximate surface area is 203 Å². The molecule has 1 fully saturated rings. The number of rotatable bonds is 9. The second kappa shape index (κ2) is 9.42. The van der Waals surface area contributed by atoms with E-state index in [0.717, 1.165) is 16.7 Å². The predicted molar refractivity (Wildman–Crippen MR) is 129 cm³/mol. The average Bonchev–Trinajstić information content (AvgIpc) is 3.60. The van der Waals surface area contributed by atoms with Crippen LogP contribution in [0.15, 0.2) is 65.5 Å². The Morgan fingerprint density at radius 1 is 1.24 bits per heavy atom. The zero-order valence-corrected chi connectivity index (χ0v) is 19.7. The van der Waals surface area contributed by atoms with Gasteiger partial charge in [-0.05, 0) is 64.0 Å². The first kappa shape index (κ1) is 22.3. The number of carboxylic acids is 1. The Kier molecular flexibility index (Phi) is 6.19. The summed E-state index contributed by atoms with van der Waals surface area (Å²) in [6.07, 6.45) is 5.72. The minimum atomic E-state index is -1.00. The van der Waals surface area contributed by atoms with Crippen molar-refractivity contribution in [2.45, 2.75) is 25.3 Å². The maximum Gasteiger partial charge on any atom is 0.326 e. The monoisotopic (exact) mass is 524 g/mol. The van der Waals surface area contributed by atoms with Crippen LogP contribution in [0.1, 0.15) is 18.4 Å². The van der Waals surface area contributed by atoms with E-state index in [2.05, 4.69) is 31.3 Å². The van der Waals surface area contributed by atoms with Crippen LogP contribution in [0.4, 0.5) is 10.2 Å². The lowest BCUT2D eigenvalue weighted by Gasteiger charge is -2.18. The summed E-state index contributed by atoms with van der Waals surface area (Å²) in [5.74, 6) is 0.348. The number of anilines is 1. The number of nitrogens with zero attached hydrogens (tertiary/aromatic N) is 3. The summed E-state index contributed by atoms with van der Waals surface area (Å²) in [7, 11) is 0. The SMILES string of the molecule is O=C(O)[C@H](Cc1ccccc1OCC1CC1)Nc1ncnn2cc(-c3ccc(F)cc3)c(Br)c12. The largest absolute Gasteiger partial charge is 0.493 e. The van der Waals surface area contributed by atoms with E-state index in [0.29, 0.717) is 34.1 Å². The highest BCUT2D eigenvalue weighted by Crippen LogP contribution is 2.36. The zero-order valence-electron chi connectivity index (χ0n) is 18.1. The highest BCUT2D eigenvalue weighted by molar-refractivity contribution is 9.10. The number of nitrogens with one attached hydrogen (secondary N) is 1. The van der Waals surface area contributed by atoms with Gasteiger partial charge < -0.3 is 15.2 Å². The van der Waals surface area contributed by atoms with E-state index in [-0.39, 0.29) is 12.2 Å². The molecule has 1 aliphatic rings. The van der Waals surface area contributed by atoms with Crippen molar-refractivity contribution in [3.8, 4) is 16.9 Å². The van der Waals surface area contributed by atoms with Crippen LogP contribution in [-0.2, 0) is 11.2 Å². The number of para-hydroxylation sites is 1. The summed E-state index contributed by atoms with van der Waals surface area (Å²) in [5, 5.41) is 17.3. The molecule has 34 heavy (non-hydrogen) atoms. The fourth-order valence-corrected chi connectivity index (χ4v) is 4.50. The van der Waals surface area contributed by atoms with Crippen LogP contribution in [0.3, 0.4) is 0 Å². The van der Waals surface area contributed by atoms with Gasteiger partial charge in [0.25, 0.3) is 0 Å². The first-order chi connectivity index (χ1) is 16.5. The molecule has 1 atom stereocenters. The minimum absolute atomic E-state index is 0.218. The molecule has 4 aromatic rings. The van der Waals surface area contributed by atoms with Gasteiger partial charge >= 0.3 is 5.97 Å². The van der Waals surface area contributed by atoms with Crippen molar-refractivity contribution in [2.24, 2.45) is 5.92 Å². The summed E-state index contributed by atoms with van der Waals surface area (Å²) in [6, 6.07) is 12.7. The van der Waals surface area contributed by atoms with Gasteiger partial charge in [0.1, 0.15) is 29.5 Å². The van der Waals surface area contributed by atoms with Crippen molar-refractivity contribution in [1.29, 1.82) is 0 Å². The first-order valence-electron chi connectivity index (χ1n) is 11.0. The van der Waals surface area contributed by atoms with Crippen LogP contribution in [0.5, 0.6) is 5.75 Å². The lowest BCUT2D eigenvalue weighted by Crippen LogP contribution is -2.32. The maximum atomic E-state index is 13.4. The van der Waals surface area contributed by atoms with Gasteiger partial charge in [-0.25, -0.2) is 18.7 Å². The number of carboxylic acid groups (broad SMARTS) is 1. The van der Waals surface area contributed by atoms with Crippen molar-refractivity contribution in [1.82, 2.24) is 14.6 Å². The second-order valence-corrected chi connectivity index (χ2v) is 9.16. The summed E-state index contributed by atoms with van der Waals surface area (Å²) >= 11 is 3.60. The third kappa shape index (κ3) is 4.75. The van der Waals surface area contributed by atoms with E-state index in [1.54, 1.807) is 22.8 Å². The maximum absolute atomic E-state index is 13.4. The topological polar surface area (TPSA) is 88.8 Å². The molecule has 0 radical (unpaired) electrons. The number of benzene rings is 2. The van der Waals surface area contributed by atoms with Crippen LogP contribution in [0.25, 0.3) is 16.6 Å². The quantitative estimate of drug-likeness (QED) is 0.313. The number of halogens is 2. The van der Waals surface area contributed by atoms with Gasteiger partial charge in [0.2, 0.25) is 0 Å². The highest BCUT2D eigenvalue weighted by Gasteiger charge is 2.25. The molecular formula is C25H22BrFN4O3. The molecule has 2 aromatic heterocycles. The molecule has 174 valence electrons. The highest BCUT2D eigenvalue weighted by atomic mass is 79.9. The molecule has 1 saturated carbocycles. The van der Waals surface area contributed by atoms with Crippen molar-refractivity contribution >= 4 is 33.2 Å². The van der Waals surface area contributed by atoms with Crippen molar-refractivity contribution < 1.29 is 19.0 Å². The predicted octanol–water partition coefficient (Wildman–Crippen LogP) is 5.19. The molecule has 0 aliphatic heterocycles. The fourth-order valence-electron chi connectivity index (χ4n) is 3.80. The van der Waals surface area contributed by atoms with Crippen molar-refractivity contribution in [2.75, 3.05) is 11.9 Å². The molecule has 1 aliphatic carbocycles. The third-order valence-corrected chi connectivity index (χ3v) is 6.65. The second-order valence-electron chi connectivity index (χ2n) is 8.37. The van der Waals surface area contributed by atoms with E-state index in [9.17, 15) is 14.3 Å². The molecule has 0 saturated heterocycles. The smallest absolute Gasteiger partial charge is 0.326 e. The van der Waals surface area contributed by atoms with Crippen LogP contribution in [0, 0.1) is 11.7 Å². The van der Waals surface area contributed by atoms with Crippen LogP contribution in [-0.4, -0.2) is 38.3 Å². The summed E-state index contributed by atoms with van der Waals surface area (Å²) in [4.78, 5) is 16.5. The lowest BCUT2D eigenvalue weighted by molar-refractivity contribution is -0.137. The number of ether oxygens (including phenoxy) is 1. The Morgan fingerprint density at radius 2 is 2.00 bits per heavy atom. The van der Waals surface area contributed by atoms with Gasteiger partial charge in [-0.1, -0.05) is 30.3 Å². The summed E-state index contributed by atoms with van der Waals surface area (Å²) in [6.45, 7) is 0.651. The molecule has 7 nitrogen and oxygen atoms in total. The molecule has 0 unspecified atom stereocenters. The molecule has 0 spiro atoms. The molecule has 9 heteroatoms. The van der Waals surface area contributed by atoms with Crippen molar-refractivity contribution in [3.05, 3.63) is 76.9 Å². The van der Waals surface area contributed by atoms with Crippen LogP contribution in [0.2, 0.25) is 0 Å². The zero-order chi connectivity index (χ0) is 23.7. The molecule has 2 aromatic carbocycles. The average molecular weight is 525 g/mol. The number of carbonyl (C=O) groups is 1.